The summed E-state index contributed by atoms with van der Waals surface area (Å²) in [7, 11) is 0. The van der Waals surface area contributed by atoms with Crippen LogP contribution in [0, 0.1) is 6.92 Å². The molecule has 9 heteroatoms. The van der Waals surface area contributed by atoms with Crippen LogP contribution < -0.4 is 15.6 Å². The minimum Gasteiger partial charge on any atom is -0.481 e. The van der Waals surface area contributed by atoms with Gasteiger partial charge >= 0.3 is 0 Å². The van der Waals surface area contributed by atoms with Crippen molar-refractivity contribution in [3.63, 3.8) is 0 Å². The van der Waals surface area contributed by atoms with Crippen molar-refractivity contribution in [3.05, 3.63) is 81.2 Å². The van der Waals surface area contributed by atoms with Gasteiger partial charge in [0.05, 0.1) is 17.3 Å². The summed E-state index contributed by atoms with van der Waals surface area (Å²) in [6.07, 6.45) is -0.692. The predicted molar refractivity (Wildman–Crippen MR) is 121 cm³/mol. The summed E-state index contributed by atoms with van der Waals surface area (Å²) in [6.45, 7) is 3.75. The monoisotopic (exact) mass is 454 g/mol. The molecule has 7 nitrogen and oxygen atoms in total. The molecule has 0 saturated carbocycles. The summed E-state index contributed by atoms with van der Waals surface area (Å²) >= 11 is 7.49. The van der Waals surface area contributed by atoms with Crippen LogP contribution in [0.4, 0.5) is 0 Å². The number of benzene rings is 2. The number of carbonyl (C=O) groups excluding carboxylic acids is 1. The third-order valence-corrected chi connectivity index (χ3v) is 5.82. The number of rotatable bonds is 6. The molecule has 0 spiro atoms. The van der Waals surface area contributed by atoms with Crippen molar-refractivity contribution in [1.82, 2.24) is 19.9 Å². The Labute approximate surface area is 187 Å². The molecule has 2 heterocycles. The van der Waals surface area contributed by atoms with Crippen LogP contribution in [0.15, 0.2) is 59.4 Å². The second kappa shape index (κ2) is 8.87. The lowest BCUT2D eigenvalue weighted by molar-refractivity contribution is -0.127. The Morgan fingerprint density at radius 3 is 2.71 bits per heavy atom. The van der Waals surface area contributed by atoms with E-state index in [-0.39, 0.29) is 18.0 Å². The van der Waals surface area contributed by atoms with Crippen molar-refractivity contribution in [2.24, 2.45) is 0 Å². The first-order chi connectivity index (χ1) is 14.9. The van der Waals surface area contributed by atoms with E-state index in [1.807, 2.05) is 49.4 Å². The Morgan fingerprint density at radius 1 is 1.23 bits per heavy atom. The number of fused-ring (bicyclic) bond motifs is 1. The van der Waals surface area contributed by atoms with E-state index in [9.17, 15) is 9.59 Å². The highest BCUT2D eigenvalue weighted by Gasteiger charge is 2.16. The van der Waals surface area contributed by atoms with Gasteiger partial charge in [-0.05, 0) is 32.0 Å². The summed E-state index contributed by atoms with van der Waals surface area (Å²) in [5.41, 5.74) is 1.96. The Hall–Kier alpha value is -3.23. The largest absolute Gasteiger partial charge is 0.481 e. The van der Waals surface area contributed by atoms with Crippen LogP contribution >= 0.6 is 22.9 Å². The van der Waals surface area contributed by atoms with E-state index in [4.69, 9.17) is 16.3 Å². The number of nitrogens with zero attached hydrogens (tertiary/aromatic N) is 3. The highest BCUT2D eigenvalue weighted by atomic mass is 35.5. The van der Waals surface area contributed by atoms with Crippen LogP contribution in [0.25, 0.3) is 15.5 Å². The second-order valence-electron chi connectivity index (χ2n) is 6.96. The van der Waals surface area contributed by atoms with Gasteiger partial charge in [-0.25, -0.2) is 4.98 Å². The van der Waals surface area contributed by atoms with E-state index in [1.54, 1.807) is 13.0 Å². The number of carbonyl (C=O) groups is 1. The van der Waals surface area contributed by atoms with Gasteiger partial charge < -0.3 is 10.1 Å². The van der Waals surface area contributed by atoms with Crippen LogP contribution in [-0.4, -0.2) is 26.6 Å². The van der Waals surface area contributed by atoms with Crippen molar-refractivity contribution < 1.29 is 9.53 Å². The smallest absolute Gasteiger partial charge is 0.275 e. The van der Waals surface area contributed by atoms with Crippen molar-refractivity contribution in [1.29, 1.82) is 0 Å². The van der Waals surface area contributed by atoms with E-state index in [1.165, 1.54) is 21.9 Å². The Kier molecular flexibility index (Phi) is 6.01. The molecule has 0 radical (unpaired) electrons. The van der Waals surface area contributed by atoms with Crippen molar-refractivity contribution in [3.8, 4) is 16.3 Å². The predicted octanol–water partition coefficient (Wildman–Crippen LogP) is 3.86. The molecule has 2 aromatic heterocycles. The molecule has 0 fully saturated rings. The molecular formula is C22H19ClN4O3S. The number of hydrogen-bond acceptors (Lipinski definition) is 6. The number of amides is 1. The zero-order chi connectivity index (χ0) is 22.0. The molecule has 2 aromatic carbocycles. The molecule has 1 amide bonds. The first kappa shape index (κ1) is 21.0. The fourth-order valence-corrected chi connectivity index (χ4v) is 4.13. The summed E-state index contributed by atoms with van der Waals surface area (Å²) in [5.74, 6) is 0.312. The van der Waals surface area contributed by atoms with Crippen LogP contribution in [0.2, 0.25) is 5.02 Å². The molecular weight excluding hydrogens is 436 g/mol. The van der Waals surface area contributed by atoms with Gasteiger partial charge in [0, 0.05) is 11.6 Å². The van der Waals surface area contributed by atoms with E-state index in [0.717, 1.165) is 11.1 Å². The molecule has 0 saturated heterocycles. The highest BCUT2D eigenvalue weighted by Crippen LogP contribution is 2.30. The molecule has 31 heavy (non-hydrogen) atoms. The maximum absolute atomic E-state index is 12.5. The van der Waals surface area contributed by atoms with E-state index < -0.39 is 6.10 Å². The zero-order valence-corrected chi connectivity index (χ0v) is 18.4. The van der Waals surface area contributed by atoms with Crippen LogP contribution in [0.1, 0.15) is 18.2 Å². The van der Waals surface area contributed by atoms with E-state index >= 15 is 0 Å². The van der Waals surface area contributed by atoms with Crippen LogP contribution in [-0.2, 0) is 11.3 Å². The lowest BCUT2D eigenvalue weighted by Crippen LogP contribution is -2.36. The maximum Gasteiger partial charge on any atom is 0.275 e. The normalized spacial score (nSPS) is 12.0. The molecule has 4 aromatic rings. The quantitative estimate of drug-likeness (QED) is 0.478. The Morgan fingerprint density at radius 2 is 1.97 bits per heavy atom. The molecule has 0 bridgehead atoms. The van der Waals surface area contributed by atoms with E-state index in [0.29, 0.717) is 26.4 Å². The van der Waals surface area contributed by atoms with E-state index in [2.05, 4.69) is 15.4 Å². The van der Waals surface area contributed by atoms with Crippen molar-refractivity contribution in [2.45, 2.75) is 26.5 Å². The minimum absolute atomic E-state index is 0.103. The molecule has 158 valence electrons. The molecule has 1 N–H and O–H groups in total. The number of nitrogens with one attached hydrogen (secondary N) is 1. The number of aromatic nitrogens is 3. The summed E-state index contributed by atoms with van der Waals surface area (Å²) in [4.78, 5) is 29.7. The summed E-state index contributed by atoms with van der Waals surface area (Å²) < 4.78 is 6.89. The van der Waals surface area contributed by atoms with Gasteiger partial charge in [0.15, 0.2) is 6.10 Å². The third kappa shape index (κ3) is 4.76. The van der Waals surface area contributed by atoms with Gasteiger partial charge in [0.2, 0.25) is 4.96 Å². The highest BCUT2D eigenvalue weighted by molar-refractivity contribution is 7.19. The lowest BCUT2D eigenvalue weighted by atomic mass is 10.2. The van der Waals surface area contributed by atoms with Crippen molar-refractivity contribution in [2.75, 3.05) is 0 Å². The molecule has 1 atom stereocenters. The second-order valence-corrected chi connectivity index (χ2v) is 8.32. The number of hydrogen-bond donors (Lipinski definition) is 1. The van der Waals surface area contributed by atoms with Gasteiger partial charge in [-0.3, -0.25) is 9.59 Å². The molecule has 0 aliphatic carbocycles. The molecule has 0 aliphatic heterocycles. The summed E-state index contributed by atoms with van der Waals surface area (Å²) in [6, 6.07) is 16.1. The van der Waals surface area contributed by atoms with Crippen LogP contribution in [0.5, 0.6) is 5.75 Å². The Balaban J connectivity index is 1.47. The fraction of sp³-hybridized carbons (Fsp3) is 0.182. The van der Waals surface area contributed by atoms with Crippen molar-refractivity contribution >= 4 is 33.8 Å². The first-order valence-electron chi connectivity index (χ1n) is 9.56. The first-order valence-corrected chi connectivity index (χ1v) is 10.8. The minimum atomic E-state index is -0.692. The maximum atomic E-state index is 12.5. The zero-order valence-electron chi connectivity index (χ0n) is 16.8. The van der Waals surface area contributed by atoms with Gasteiger partial charge in [-0.15, -0.1) is 0 Å². The molecule has 4 rings (SSSR count). The standard InChI is InChI=1S/C22H19ClN4O3S/c1-13-7-9-16(10-8-13)30-14(2)20(29)24-12-15-11-19(28)27-22(25-15)31-21(26-27)17-5-3-4-6-18(17)23/h3-11,14H,12H2,1-2H3,(H,24,29)/t14-/m1/s1. The average Bonchev–Trinajstić information content (AvgIpc) is 3.18. The average molecular weight is 455 g/mol. The number of ether oxygens (including phenoxy) is 1. The SMILES string of the molecule is Cc1ccc(O[C@H](C)C(=O)NCc2cc(=O)n3nc(-c4ccccc4Cl)sc3n2)cc1. The lowest BCUT2D eigenvalue weighted by Gasteiger charge is -2.14. The van der Waals surface area contributed by atoms with Gasteiger partial charge in [0.1, 0.15) is 10.8 Å². The summed E-state index contributed by atoms with van der Waals surface area (Å²) in [5, 5.41) is 8.23. The van der Waals surface area contributed by atoms with Crippen LogP contribution in [0.3, 0.4) is 0 Å². The number of halogens is 1. The topological polar surface area (TPSA) is 85.6 Å². The fourth-order valence-electron chi connectivity index (χ4n) is 2.89. The van der Waals surface area contributed by atoms with Gasteiger partial charge in [0.25, 0.3) is 11.5 Å². The molecule has 0 aliphatic rings. The van der Waals surface area contributed by atoms with Gasteiger partial charge in [-0.2, -0.15) is 9.61 Å². The third-order valence-electron chi connectivity index (χ3n) is 4.55. The number of aryl methyl sites for hydroxylation is 1. The molecule has 0 unspecified atom stereocenters. The Bertz CT molecular complexity index is 1300. The van der Waals surface area contributed by atoms with Gasteiger partial charge in [-0.1, -0.05) is 58.8 Å².